The summed E-state index contributed by atoms with van der Waals surface area (Å²) in [4.78, 5) is 18.2. The van der Waals surface area contributed by atoms with Crippen molar-refractivity contribution in [2.75, 3.05) is 13.2 Å². The van der Waals surface area contributed by atoms with Crippen LogP contribution in [0.5, 0.6) is 5.75 Å². The van der Waals surface area contributed by atoms with Crippen LogP contribution in [0, 0.1) is 0 Å². The molecule has 1 fully saturated rings. The lowest BCUT2D eigenvalue weighted by Crippen LogP contribution is -2.45. The summed E-state index contributed by atoms with van der Waals surface area (Å²) in [5, 5.41) is 9.41. The molecule has 0 radical (unpaired) electrons. The number of amides is 1. The molecule has 1 aliphatic heterocycles. The summed E-state index contributed by atoms with van der Waals surface area (Å²) in [5.41, 5.74) is -0.735. The van der Waals surface area contributed by atoms with Gasteiger partial charge in [0.1, 0.15) is 12.0 Å². The van der Waals surface area contributed by atoms with Gasteiger partial charge in [0.25, 0.3) is 5.91 Å². The van der Waals surface area contributed by atoms with Crippen molar-refractivity contribution in [3.8, 4) is 5.75 Å². The van der Waals surface area contributed by atoms with Gasteiger partial charge >= 0.3 is 6.18 Å². The average Bonchev–Trinajstić information content (AvgIpc) is 3.14. The number of aromatic nitrogens is 1. The van der Waals surface area contributed by atoms with E-state index in [1.807, 2.05) is 0 Å². The van der Waals surface area contributed by atoms with Crippen molar-refractivity contribution < 1.29 is 32.2 Å². The van der Waals surface area contributed by atoms with Gasteiger partial charge in [-0.05, 0) is 37.5 Å². The molecule has 0 aliphatic carbocycles. The highest BCUT2D eigenvalue weighted by molar-refractivity contribution is 5.92. The molecule has 146 valence electrons. The highest BCUT2D eigenvalue weighted by Gasteiger charge is 2.31. The number of halogens is 3. The Kier molecular flexibility index (Phi) is 5.69. The van der Waals surface area contributed by atoms with Crippen LogP contribution in [0.3, 0.4) is 0 Å². The number of carbonyl (C=O) groups excluding carboxylic acids is 1. The summed E-state index contributed by atoms with van der Waals surface area (Å²) in [5.74, 6) is -0.247. The van der Waals surface area contributed by atoms with Gasteiger partial charge in [-0.1, -0.05) is 6.07 Å². The summed E-state index contributed by atoms with van der Waals surface area (Å²) in [7, 11) is 0. The van der Waals surface area contributed by atoms with E-state index in [4.69, 9.17) is 9.15 Å². The number of ether oxygens (including phenoxy) is 1. The fourth-order valence-corrected chi connectivity index (χ4v) is 2.99. The van der Waals surface area contributed by atoms with E-state index in [9.17, 15) is 23.1 Å². The van der Waals surface area contributed by atoms with Crippen LogP contribution < -0.4 is 4.74 Å². The van der Waals surface area contributed by atoms with Crippen LogP contribution in [0.4, 0.5) is 13.2 Å². The molecule has 1 aliphatic rings. The predicted molar refractivity (Wildman–Crippen MR) is 88.0 cm³/mol. The second-order valence-electron chi connectivity index (χ2n) is 6.27. The molecule has 1 aromatic carbocycles. The van der Waals surface area contributed by atoms with Crippen LogP contribution in [-0.4, -0.2) is 40.1 Å². The zero-order chi connectivity index (χ0) is 19.4. The number of hydrogen-bond acceptors (Lipinski definition) is 5. The van der Waals surface area contributed by atoms with Crippen LogP contribution in [-0.2, 0) is 12.8 Å². The Hall–Kier alpha value is -2.55. The van der Waals surface area contributed by atoms with Crippen LogP contribution in [0.25, 0.3) is 0 Å². The number of piperidine rings is 1. The van der Waals surface area contributed by atoms with E-state index in [1.54, 1.807) is 4.90 Å². The Morgan fingerprint density at radius 2 is 2.19 bits per heavy atom. The minimum Gasteiger partial charge on any atom is -0.484 e. The highest BCUT2D eigenvalue weighted by Crippen LogP contribution is 2.31. The maximum Gasteiger partial charge on any atom is 0.416 e. The molecule has 27 heavy (non-hydrogen) atoms. The van der Waals surface area contributed by atoms with E-state index in [-0.39, 0.29) is 42.5 Å². The second kappa shape index (κ2) is 7.99. The normalized spacial score (nSPS) is 17.8. The number of benzene rings is 1. The molecular formula is C18H19F3N2O4. The third kappa shape index (κ3) is 4.60. The zero-order valence-corrected chi connectivity index (χ0v) is 14.4. The quantitative estimate of drug-likeness (QED) is 0.856. The highest BCUT2D eigenvalue weighted by atomic mass is 19.4. The van der Waals surface area contributed by atoms with Gasteiger partial charge in [0.15, 0.2) is 12.3 Å². The Balaban J connectivity index is 1.64. The van der Waals surface area contributed by atoms with Gasteiger partial charge in [0.05, 0.1) is 18.2 Å². The minimum absolute atomic E-state index is 0.0206. The first-order chi connectivity index (χ1) is 12.9. The molecule has 1 N–H and O–H groups in total. The number of likely N-dealkylation sites (tertiary alicyclic amines) is 1. The second-order valence-corrected chi connectivity index (χ2v) is 6.27. The van der Waals surface area contributed by atoms with Gasteiger partial charge in [-0.15, -0.1) is 0 Å². The van der Waals surface area contributed by atoms with Crippen LogP contribution in [0.2, 0.25) is 0 Å². The van der Waals surface area contributed by atoms with E-state index in [0.717, 1.165) is 31.4 Å². The van der Waals surface area contributed by atoms with Crippen molar-refractivity contribution >= 4 is 5.91 Å². The lowest BCUT2D eigenvalue weighted by Gasteiger charge is -2.33. The Labute approximate surface area is 153 Å². The van der Waals surface area contributed by atoms with Crippen molar-refractivity contribution in [3.05, 3.63) is 47.7 Å². The van der Waals surface area contributed by atoms with E-state index >= 15 is 0 Å². The standard InChI is InChI=1S/C18H19F3N2O4/c19-18(20,21)12-4-3-6-14(8-12)26-11-16-22-15(10-27-16)17(25)23-7-2-1-5-13(23)9-24/h3-4,6,8,10,13,24H,1-2,5,7,9,11H2. The molecule has 2 heterocycles. The lowest BCUT2D eigenvalue weighted by atomic mass is 10.0. The number of aliphatic hydroxyl groups is 1. The van der Waals surface area contributed by atoms with Crippen LogP contribution in [0.1, 0.15) is 41.2 Å². The van der Waals surface area contributed by atoms with Gasteiger partial charge in [0.2, 0.25) is 5.89 Å². The first kappa shape index (κ1) is 19.2. The van der Waals surface area contributed by atoms with Gasteiger partial charge in [-0.25, -0.2) is 4.98 Å². The third-order valence-corrected chi connectivity index (χ3v) is 4.39. The Morgan fingerprint density at radius 1 is 1.37 bits per heavy atom. The molecular weight excluding hydrogens is 365 g/mol. The zero-order valence-electron chi connectivity index (χ0n) is 14.4. The van der Waals surface area contributed by atoms with Gasteiger partial charge in [-0.3, -0.25) is 4.79 Å². The molecule has 9 heteroatoms. The number of aliphatic hydroxyl groups excluding tert-OH is 1. The van der Waals surface area contributed by atoms with Gasteiger partial charge < -0.3 is 19.2 Å². The first-order valence-corrected chi connectivity index (χ1v) is 8.55. The minimum atomic E-state index is -4.46. The van der Waals surface area contributed by atoms with Gasteiger partial charge in [-0.2, -0.15) is 13.2 Å². The molecule has 1 unspecified atom stereocenters. The first-order valence-electron chi connectivity index (χ1n) is 8.55. The number of rotatable bonds is 5. The molecule has 3 rings (SSSR count). The monoisotopic (exact) mass is 384 g/mol. The summed E-state index contributed by atoms with van der Waals surface area (Å²) in [6.07, 6.45) is -0.739. The largest absolute Gasteiger partial charge is 0.484 e. The van der Waals surface area contributed by atoms with Crippen LogP contribution >= 0.6 is 0 Å². The van der Waals surface area contributed by atoms with Gasteiger partial charge in [0, 0.05) is 6.54 Å². The maximum atomic E-state index is 12.7. The smallest absolute Gasteiger partial charge is 0.416 e. The summed E-state index contributed by atoms with van der Waals surface area (Å²) in [6.45, 7) is 0.208. The number of oxazole rings is 1. The molecule has 1 atom stereocenters. The average molecular weight is 384 g/mol. The van der Waals surface area contributed by atoms with E-state index in [1.165, 1.54) is 18.4 Å². The van der Waals surface area contributed by atoms with E-state index in [2.05, 4.69) is 4.98 Å². The van der Waals surface area contributed by atoms with Crippen molar-refractivity contribution in [2.24, 2.45) is 0 Å². The number of alkyl halides is 3. The molecule has 0 saturated carbocycles. The Morgan fingerprint density at radius 3 is 2.93 bits per heavy atom. The van der Waals surface area contributed by atoms with E-state index in [0.29, 0.717) is 6.54 Å². The predicted octanol–water partition coefficient (Wildman–Crippen LogP) is 3.26. The van der Waals surface area contributed by atoms with Crippen molar-refractivity contribution in [2.45, 2.75) is 38.1 Å². The summed E-state index contributed by atoms with van der Waals surface area (Å²) in [6, 6.07) is 4.23. The molecule has 2 aromatic rings. The fourth-order valence-electron chi connectivity index (χ4n) is 2.99. The number of hydrogen-bond donors (Lipinski definition) is 1. The van der Waals surface area contributed by atoms with E-state index < -0.39 is 11.7 Å². The summed E-state index contributed by atoms with van der Waals surface area (Å²) >= 11 is 0. The number of nitrogens with zero attached hydrogens (tertiary/aromatic N) is 2. The molecule has 0 spiro atoms. The van der Waals surface area contributed by atoms with Crippen LogP contribution in [0.15, 0.2) is 34.9 Å². The molecule has 6 nitrogen and oxygen atoms in total. The third-order valence-electron chi connectivity index (χ3n) is 4.39. The van der Waals surface area contributed by atoms with Crippen molar-refractivity contribution in [1.29, 1.82) is 0 Å². The maximum absolute atomic E-state index is 12.7. The topological polar surface area (TPSA) is 75.8 Å². The van der Waals surface area contributed by atoms with Crippen molar-refractivity contribution in [1.82, 2.24) is 9.88 Å². The number of carbonyl (C=O) groups is 1. The molecule has 1 saturated heterocycles. The fraction of sp³-hybridized carbons (Fsp3) is 0.444. The van der Waals surface area contributed by atoms with Crippen molar-refractivity contribution in [3.63, 3.8) is 0 Å². The molecule has 0 bridgehead atoms. The SMILES string of the molecule is O=C(c1coc(COc2cccc(C(F)(F)F)c2)n1)N1CCCCC1CO. The Bertz CT molecular complexity index is 791. The summed E-state index contributed by atoms with van der Waals surface area (Å²) < 4.78 is 48.6. The molecule has 1 amide bonds. The lowest BCUT2D eigenvalue weighted by molar-refractivity contribution is -0.137. The molecule has 1 aromatic heterocycles.